The summed E-state index contributed by atoms with van der Waals surface area (Å²) >= 11 is 0. The molecular formula is C24H29N7O2. The molecule has 3 heterocycles. The molecule has 2 N–H and O–H groups in total. The Balaban J connectivity index is 1.60. The predicted molar refractivity (Wildman–Crippen MR) is 130 cm³/mol. The summed E-state index contributed by atoms with van der Waals surface area (Å²) in [5, 5.41) is 11.8. The predicted octanol–water partition coefficient (Wildman–Crippen LogP) is 4.26. The molecule has 33 heavy (non-hydrogen) atoms. The van der Waals surface area contributed by atoms with Crippen LogP contribution in [0.5, 0.6) is 5.75 Å². The lowest BCUT2D eigenvalue weighted by Crippen LogP contribution is -2.28. The van der Waals surface area contributed by atoms with Crippen LogP contribution in [0.1, 0.15) is 13.8 Å². The number of aromatic nitrogens is 5. The van der Waals surface area contributed by atoms with E-state index in [2.05, 4.69) is 39.5 Å². The molecule has 0 fully saturated rings. The van der Waals surface area contributed by atoms with Gasteiger partial charge in [0, 0.05) is 55.7 Å². The van der Waals surface area contributed by atoms with Gasteiger partial charge in [-0.3, -0.25) is 4.68 Å². The smallest absolute Gasteiger partial charge is 0.227 e. The summed E-state index contributed by atoms with van der Waals surface area (Å²) in [6.07, 6.45) is 7.33. The highest BCUT2D eigenvalue weighted by molar-refractivity contribution is 5.88. The molecule has 3 aromatic heterocycles. The van der Waals surface area contributed by atoms with Crippen LogP contribution in [0.15, 0.2) is 49.1 Å². The van der Waals surface area contributed by atoms with Crippen molar-refractivity contribution in [1.82, 2.24) is 24.7 Å². The van der Waals surface area contributed by atoms with Crippen molar-refractivity contribution < 1.29 is 9.47 Å². The van der Waals surface area contributed by atoms with Crippen LogP contribution in [0.25, 0.3) is 22.0 Å². The maximum Gasteiger partial charge on any atom is 0.227 e. The Labute approximate surface area is 193 Å². The van der Waals surface area contributed by atoms with Gasteiger partial charge in [0.15, 0.2) is 5.82 Å². The number of aryl methyl sites for hydroxylation is 1. The van der Waals surface area contributed by atoms with Crippen LogP contribution < -0.4 is 15.4 Å². The van der Waals surface area contributed by atoms with Crippen molar-refractivity contribution in [2.45, 2.75) is 13.8 Å². The third-order valence-electron chi connectivity index (χ3n) is 5.25. The highest BCUT2D eigenvalue weighted by atomic mass is 16.5. The van der Waals surface area contributed by atoms with E-state index >= 15 is 0 Å². The lowest BCUT2D eigenvalue weighted by molar-refractivity contribution is 0.112. The summed E-state index contributed by atoms with van der Waals surface area (Å²) in [6, 6.07) is 7.82. The molecule has 0 aliphatic carbocycles. The molecule has 0 saturated carbocycles. The van der Waals surface area contributed by atoms with E-state index in [-0.39, 0.29) is 5.41 Å². The van der Waals surface area contributed by atoms with Gasteiger partial charge < -0.3 is 20.1 Å². The number of rotatable bonds is 9. The molecule has 9 heteroatoms. The van der Waals surface area contributed by atoms with E-state index in [1.165, 1.54) is 0 Å². The molecule has 0 spiro atoms. The Morgan fingerprint density at radius 2 is 1.91 bits per heavy atom. The van der Waals surface area contributed by atoms with Gasteiger partial charge in [-0.1, -0.05) is 19.9 Å². The van der Waals surface area contributed by atoms with Crippen molar-refractivity contribution >= 4 is 28.4 Å². The van der Waals surface area contributed by atoms with Crippen LogP contribution in [-0.2, 0) is 11.8 Å². The fourth-order valence-corrected chi connectivity index (χ4v) is 3.58. The van der Waals surface area contributed by atoms with Crippen molar-refractivity contribution in [3.8, 4) is 16.9 Å². The Bertz CT molecular complexity index is 1250. The average molecular weight is 448 g/mol. The molecule has 0 aliphatic rings. The normalized spacial score (nSPS) is 11.5. The number of nitrogens with zero attached hydrogens (tertiary/aromatic N) is 5. The van der Waals surface area contributed by atoms with Crippen molar-refractivity contribution in [1.29, 1.82) is 0 Å². The standard InChI is InChI=1S/C24H29N7O2/c1-24(2,15-32-4)14-27-22-21-17(8-9-25-22)11-26-23(30-21)29-19-7-6-16(10-20(19)33-5)18-12-28-31(3)13-18/h6-13H,14-15H2,1-5H3,(H,25,27)(H,26,29,30). The maximum atomic E-state index is 5.61. The topological polar surface area (TPSA) is 99.0 Å². The number of benzene rings is 1. The minimum absolute atomic E-state index is 0.0455. The quantitative estimate of drug-likeness (QED) is 0.393. The number of methoxy groups -OCH3 is 2. The van der Waals surface area contributed by atoms with E-state index in [0.717, 1.165) is 27.7 Å². The van der Waals surface area contributed by atoms with Gasteiger partial charge in [-0.05, 0) is 23.8 Å². The van der Waals surface area contributed by atoms with Gasteiger partial charge in [-0.2, -0.15) is 5.10 Å². The first kappa shape index (κ1) is 22.5. The number of anilines is 3. The van der Waals surface area contributed by atoms with Crippen LogP contribution in [0.3, 0.4) is 0 Å². The SMILES string of the molecule is COCC(C)(C)CNc1nccc2cnc(Nc3ccc(-c4cnn(C)c4)cc3OC)nc12. The van der Waals surface area contributed by atoms with Gasteiger partial charge >= 0.3 is 0 Å². The molecule has 0 amide bonds. The Hall–Kier alpha value is -3.72. The van der Waals surface area contributed by atoms with Gasteiger partial charge in [-0.25, -0.2) is 15.0 Å². The Morgan fingerprint density at radius 1 is 1.06 bits per heavy atom. The van der Waals surface area contributed by atoms with E-state index in [0.29, 0.717) is 30.7 Å². The summed E-state index contributed by atoms with van der Waals surface area (Å²) in [7, 11) is 5.24. The van der Waals surface area contributed by atoms with Gasteiger partial charge in [0.1, 0.15) is 11.3 Å². The Kier molecular flexibility index (Phi) is 6.41. The summed E-state index contributed by atoms with van der Waals surface area (Å²) in [6.45, 7) is 5.61. The van der Waals surface area contributed by atoms with Crippen LogP contribution in [0.2, 0.25) is 0 Å². The zero-order valence-corrected chi connectivity index (χ0v) is 19.6. The molecule has 1 aromatic carbocycles. The second-order valence-corrected chi connectivity index (χ2v) is 8.68. The minimum Gasteiger partial charge on any atom is -0.495 e. The van der Waals surface area contributed by atoms with Crippen molar-refractivity contribution in [3.05, 3.63) is 49.1 Å². The molecule has 172 valence electrons. The lowest BCUT2D eigenvalue weighted by Gasteiger charge is -2.24. The first-order valence-electron chi connectivity index (χ1n) is 10.7. The summed E-state index contributed by atoms with van der Waals surface area (Å²) in [5.74, 6) is 1.86. The van der Waals surface area contributed by atoms with E-state index in [4.69, 9.17) is 14.5 Å². The highest BCUT2D eigenvalue weighted by Crippen LogP contribution is 2.32. The van der Waals surface area contributed by atoms with E-state index in [1.54, 1.807) is 31.3 Å². The molecule has 0 unspecified atom stereocenters. The number of hydrogen-bond acceptors (Lipinski definition) is 8. The van der Waals surface area contributed by atoms with Crippen LogP contribution >= 0.6 is 0 Å². The molecule has 0 bridgehead atoms. The van der Waals surface area contributed by atoms with Gasteiger partial charge in [0.05, 0.1) is 25.6 Å². The van der Waals surface area contributed by atoms with Crippen molar-refractivity contribution in [2.24, 2.45) is 12.5 Å². The third-order valence-corrected chi connectivity index (χ3v) is 5.25. The number of ether oxygens (including phenoxy) is 2. The second kappa shape index (κ2) is 9.41. The molecule has 4 rings (SSSR count). The van der Waals surface area contributed by atoms with E-state index < -0.39 is 0 Å². The molecule has 0 saturated heterocycles. The summed E-state index contributed by atoms with van der Waals surface area (Å²) in [5.41, 5.74) is 3.50. The monoisotopic (exact) mass is 447 g/mol. The van der Waals surface area contributed by atoms with Crippen molar-refractivity contribution in [2.75, 3.05) is 38.0 Å². The zero-order valence-electron chi connectivity index (χ0n) is 19.6. The third kappa shape index (κ3) is 5.20. The maximum absolute atomic E-state index is 5.61. The first-order valence-corrected chi connectivity index (χ1v) is 10.7. The fourth-order valence-electron chi connectivity index (χ4n) is 3.58. The summed E-state index contributed by atoms with van der Waals surface area (Å²) < 4.78 is 12.7. The number of fused-ring (bicyclic) bond motifs is 1. The van der Waals surface area contributed by atoms with Crippen LogP contribution in [0, 0.1) is 5.41 Å². The van der Waals surface area contributed by atoms with Crippen molar-refractivity contribution in [3.63, 3.8) is 0 Å². The van der Waals surface area contributed by atoms with Gasteiger partial charge in [-0.15, -0.1) is 0 Å². The number of pyridine rings is 1. The molecule has 9 nitrogen and oxygen atoms in total. The minimum atomic E-state index is -0.0455. The van der Waals surface area contributed by atoms with Crippen LogP contribution in [0.4, 0.5) is 17.5 Å². The van der Waals surface area contributed by atoms with Gasteiger partial charge in [0.2, 0.25) is 5.95 Å². The first-order chi connectivity index (χ1) is 15.9. The molecule has 0 atom stereocenters. The van der Waals surface area contributed by atoms with E-state index in [9.17, 15) is 0 Å². The second-order valence-electron chi connectivity index (χ2n) is 8.68. The molecule has 0 radical (unpaired) electrons. The number of hydrogen-bond donors (Lipinski definition) is 2. The molecule has 0 aliphatic heterocycles. The number of nitrogens with one attached hydrogen (secondary N) is 2. The lowest BCUT2D eigenvalue weighted by atomic mass is 9.95. The molecular weight excluding hydrogens is 418 g/mol. The van der Waals surface area contributed by atoms with Gasteiger partial charge in [0.25, 0.3) is 0 Å². The highest BCUT2D eigenvalue weighted by Gasteiger charge is 2.18. The zero-order chi connectivity index (χ0) is 23.4. The molecule has 4 aromatic rings. The van der Waals surface area contributed by atoms with E-state index in [1.807, 2.05) is 43.7 Å². The largest absolute Gasteiger partial charge is 0.495 e. The van der Waals surface area contributed by atoms with Crippen LogP contribution in [-0.4, -0.2) is 52.1 Å². The Morgan fingerprint density at radius 3 is 2.64 bits per heavy atom. The average Bonchev–Trinajstić information content (AvgIpc) is 3.24. The summed E-state index contributed by atoms with van der Waals surface area (Å²) in [4.78, 5) is 13.7. The fraction of sp³-hybridized carbons (Fsp3) is 0.333.